The van der Waals surface area contributed by atoms with Crippen LogP contribution in [0.4, 0.5) is 14.4 Å². The number of hydrogen-bond donors (Lipinski definition) is 2. The highest BCUT2D eigenvalue weighted by molar-refractivity contribution is 5.95. The predicted octanol–water partition coefficient (Wildman–Crippen LogP) is 4.48. The summed E-state index contributed by atoms with van der Waals surface area (Å²) in [5.74, 6) is -0.797. The Morgan fingerprint density at radius 3 is 1.22 bits per heavy atom. The van der Waals surface area contributed by atoms with E-state index in [1.54, 1.807) is 62.3 Å². The van der Waals surface area contributed by atoms with Crippen LogP contribution in [0.15, 0.2) is 0 Å². The van der Waals surface area contributed by atoms with Crippen molar-refractivity contribution in [3.05, 3.63) is 0 Å². The van der Waals surface area contributed by atoms with Crippen LogP contribution in [0, 0.1) is 17.8 Å². The van der Waals surface area contributed by atoms with Crippen molar-refractivity contribution in [2.24, 2.45) is 17.8 Å². The van der Waals surface area contributed by atoms with E-state index in [4.69, 9.17) is 24.4 Å². The fourth-order valence-corrected chi connectivity index (χ4v) is 6.33. The molecule has 6 rings (SSSR count). The minimum absolute atomic E-state index is 0.0829. The molecule has 0 radical (unpaired) electrons. The predicted molar refractivity (Wildman–Crippen MR) is 162 cm³/mol. The van der Waals surface area contributed by atoms with Crippen LogP contribution in [-0.4, -0.2) is 108 Å². The Morgan fingerprint density at radius 1 is 0.565 bits per heavy atom. The fourth-order valence-electron chi connectivity index (χ4n) is 6.33. The van der Waals surface area contributed by atoms with Crippen LogP contribution in [-0.2, 0) is 28.6 Å². The van der Waals surface area contributed by atoms with E-state index >= 15 is 0 Å². The van der Waals surface area contributed by atoms with Crippen LogP contribution >= 0.6 is 0 Å². The lowest BCUT2D eigenvalue weighted by atomic mass is 10.2. The number of likely N-dealkylation sites (tertiary alicyclic amines) is 3. The lowest BCUT2D eigenvalue weighted by Gasteiger charge is -2.28. The summed E-state index contributed by atoms with van der Waals surface area (Å²) < 4.78 is 15.6. The van der Waals surface area contributed by atoms with E-state index in [0.717, 1.165) is 19.3 Å². The maximum atomic E-state index is 11.9. The summed E-state index contributed by atoms with van der Waals surface area (Å²) in [6.45, 7) is 16.1. The van der Waals surface area contributed by atoms with Gasteiger partial charge >= 0.3 is 30.2 Å². The van der Waals surface area contributed by atoms with Crippen molar-refractivity contribution in [1.29, 1.82) is 0 Å². The lowest BCUT2D eigenvalue weighted by Crippen LogP contribution is -2.45. The van der Waals surface area contributed by atoms with Gasteiger partial charge in [0.2, 0.25) is 5.91 Å². The van der Waals surface area contributed by atoms with Gasteiger partial charge in [-0.05, 0) is 112 Å². The van der Waals surface area contributed by atoms with Gasteiger partial charge in [-0.2, -0.15) is 0 Å². The summed E-state index contributed by atoms with van der Waals surface area (Å²) >= 11 is 0. The Hall–Kier alpha value is -3.58. The zero-order valence-electron chi connectivity index (χ0n) is 28.3. The van der Waals surface area contributed by atoms with Crippen molar-refractivity contribution in [1.82, 2.24) is 14.7 Å². The minimum Gasteiger partial charge on any atom is -0.480 e. The molecule has 0 aromatic heterocycles. The van der Waals surface area contributed by atoms with Crippen molar-refractivity contribution in [2.45, 2.75) is 148 Å². The van der Waals surface area contributed by atoms with E-state index in [2.05, 4.69) is 0 Å². The molecule has 2 N–H and O–H groups in total. The largest absolute Gasteiger partial charge is 0.480 e. The van der Waals surface area contributed by atoms with Gasteiger partial charge in [-0.15, -0.1) is 0 Å². The molecular weight excluding hydrogens is 602 g/mol. The number of carbonyl (C=O) groups excluding carboxylic acids is 4. The molecule has 3 aliphatic heterocycles. The topological polar surface area (TPSA) is 180 Å². The Balaban J connectivity index is 0.000000157. The second-order valence-corrected chi connectivity index (χ2v) is 16.1. The summed E-state index contributed by atoms with van der Waals surface area (Å²) in [5, 5.41) is 18.0. The number of carbonyl (C=O) groups is 6. The van der Waals surface area contributed by atoms with Gasteiger partial charge < -0.3 is 24.4 Å². The molecule has 0 aromatic rings. The van der Waals surface area contributed by atoms with Crippen molar-refractivity contribution in [3.63, 3.8) is 0 Å². The first kappa shape index (κ1) is 35.3. The third-order valence-corrected chi connectivity index (χ3v) is 8.50. The van der Waals surface area contributed by atoms with E-state index in [0.29, 0.717) is 37.0 Å². The molecule has 3 aliphatic carbocycles. The molecule has 3 heterocycles. The molecule has 6 fully saturated rings. The lowest BCUT2D eigenvalue weighted by molar-refractivity contribution is -0.143. The van der Waals surface area contributed by atoms with Crippen LogP contribution in [0.1, 0.15) is 101 Å². The van der Waals surface area contributed by atoms with Gasteiger partial charge in [0.1, 0.15) is 28.9 Å². The van der Waals surface area contributed by atoms with Gasteiger partial charge in [0.15, 0.2) is 0 Å². The third kappa shape index (κ3) is 8.61. The van der Waals surface area contributed by atoms with Crippen molar-refractivity contribution in [3.8, 4) is 0 Å². The number of hydrogen-bond acceptors (Lipinski definition) is 9. The summed E-state index contributed by atoms with van der Waals surface area (Å²) in [5.41, 5.74) is -1.68. The highest BCUT2D eigenvalue weighted by atomic mass is 16.6. The third-order valence-electron chi connectivity index (χ3n) is 8.50. The van der Waals surface area contributed by atoms with E-state index in [9.17, 15) is 28.8 Å². The first-order valence-electron chi connectivity index (χ1n) is 16.0. The molecule has 2 unspecified atom stereocenters. The first-order chi connectivity index (χ1) is 21.0. The summed E-state index contributed by atoms with van der Waals surface area (Å²) in [7, 11) is 0. The Morgan fingerprint density at radius 2 is 0.913 bits per heavy atom. The monoisotopic (exact) mass is 651 g/mol. The standard InChI is InChI=1S/2C11H17NO4.C10H15NO3/c2*1-11(2,3)16-10(15)12-7-4-6(7)5-8(12)9(13)14;1-10(2,3)14-9(13)11-7-4-6(7)5-8(11)12/h2*6-8H,4-5H2,1-3H3,(H,13,14);6-7H,4-5H2,1-3H3/t6-,7-,8+;6-,7-,8-;/m10./s1. The normalized spacial score (nSPS) is 31.6. The van der Waals surface area contributed by atoms with E-state index in [-0.39, 0.29) is 24.0 Å². The van der Waals surface area contributed by atoms with Crippen LogP contribution < -0.4 is 0 Å². The van der Waals surface area contributed by atoms with Gasteiger partial charge in [0.05, 0.1) is 0 Å². The fraction of sp³-hybridized carbons (Fsp3) is 0.812. The molecule has 14 nitrogen and oxygen atoms in total. The quantitative estimate of drug-likeness (QED) is 0.402. The molecule has 0 spiro atoms. The number of carboxylic acids is 2. The average molecular weight is 652 g/mol. The molecule has 3 saturated carbocycles. The molecule has 3 saturated heterocycles. The van der Waals surface area contributed by atoms with Crippen molar-refractivity contribution < 1.29 is 53.2 Å². The molecule has 8 atom stereocenters. The number of rotatable bonds is 2. The molecule has 0 bridgehead atoms. The number of piperidine rings is 3. The van der Waals surface area contributed by atoms with E-state index in [1.807, 2.05) is 0 Å². The summed E-state index contributed by atoms with van der Waals surface area (Å²) in [6, 6.07) is -1.07. The Bertz CT molecular complexity index is 1200. The zero-order valence-corrected chi connectivity index (χ0v) is 28.3. The molecule has 258 valence electrons. The van der Waals surface area contributed by atoms with Gasteiger partial charge in [-0.25, -0.2) is 28.9 Å². The number of amides is 4. The second-order valence-electron chi connectivity index (χ2n) is 16.1. The number of nitrogens with zero attached hydrogens (tertiary/aromatic N) is 3. The smallest absolute Gasteiger partial charge is 0.417 e. The van der Waals surface area contributed by atoms with Gasteiger partial charge in [-0.1, -0.05) is 0 Å². The number of fused-ring (bicyclic) bond motifs is 3. The minimum atomic E-state index is -0.932. The van der Waals surface area contributed by atoms with Crippen LogP contribution in [0.25, 0.3) is 0 Å². The highest BCUT2D eigenvalue weighted by Gasteiger charge is 2.58. The SMILES string of the molecule is CC(C)(C)OC(=O)N1C(=O)CC2CC21.CC(C)(C)OC(=O)N1[C@@H]2C[C@@H]2C[C@H]1C(=O)O.CC(C)(C)OC(=O)N1[C@H](C(=O)O)C[C@@H]2C[C@@H]21. The first-order valence-corrected chi connectivity index (χ1v) is 16.0. The van der Waals surface area contributed by atoms with E-state index < -0.39 is 59.1 Å². The highest BCUT2D eigenvalue weighted by Crippen LogP contribution is 2.49. The Labute approximate surface area is 269 Å². The summed E-state index contributed by atoms with van der Waals surface area (Å²) in [6.07, 6.45) is 2.99. The van der Waals surface area contributed by atoms with E-state index in [1.165, 1.54) is 14.7 Å². The maximum absolute atomic E-state index is 11.9. The second kappa shape index (κ2) is 12.2. The molecule has 6 aliphatic rings. The molecule has 4 amide bonds. The average Bonchev–Trinajstić information content (AvgIpc) is 3.82. The summed E-state index contributed by atoms with van der Waals surface area (Å²) in [4.78, 5) is 72.8. The number of imide groups is 1. The van der Waals surface area contributed by atoms with Crippen molar-refractivity contribution in [2.75, 3.05) is 0 Å². The molecule has 14 heteroatoms. The van der Waals surface area contributed by atoms with Crippen LogP contribution in [0.5, 0.6) is 0 Å². The van der Waals surface area contributed by atoms with Crippen LogP contribution in [0.3, 0.4) is 0 Å². The van der Waals surface area contributed by atoms with Crippen molar-refractivity contribution >= 4 is 36.1 Å². The number of carboxylic acid groups (broad SMARTS) is 2. The van der Waals surface area contributed by atoms with Gasteiger partial charge in [0, 0.05) is 24.5 Å². The zero-order chi connectivity index (χ0) is 34.7. The van der Waals surface area contributed by atoms with Crippen LogP contribution in [0.2, 0.25) is 0 Å². The number of ether oxygens (including phenoxy) is 3. The molecule has 0 aromatic carbocycles. The van der Waals surface area contributed by atoms with Gasteiger partial charge in [-0.3, -0.25) is 14.6 Å². The molecular formula is C32H49N3O11. The number of aliphatic carboxylic acids is 2. The van der Waals surface area contributed by atoms with Gasteiger partial charge in [0.25, 0.3) is 0 Å². The Kier molecular flexibility index (Phi) is 9.37. The molecule has 46 heavy (non-hydrogen) atoms. The maximum Gasteiger partial charge on any atom is 0.417 e.